The Hall–Kier alpha value is -1.18. The standard InChI is InChI=1S/C44H87NO6/c1-4-7-10-13-16-22-31-42(32-23-17-14-11-8-5-2)51-44(48)34-24-18-15-19-26-35-45(37-38-46)36-27-21-25-33-43(47)50-41-30-29-40-49-39-28-20-12-9-6-3/h42,46H,4-41H2,1-3H3. The van der Waals surface area contributed by atoms with Crippen LogP contribution < -0.4 is 0 Å². The van der Waals surface area contributed by atoms with E-state index < -0.39 is 0 Å². The Bertz CT molecular complexity index is 704. The van der Waals surface area contributed by atoms with Crippen molar-refractivity contribution in [2.75, 3.05) is 46.1 Å². The first-order valence-electron chi connectivity index (χ1n) is 22.3. The van der Waals surface area contributed by atoms with Gasteiger partial charge in [-0.2, -0.15) is 0 Å². The number of unbranched alkanes of at least 4 members (excludes halogenated alkanes) is 21. The Balaban J connectivity index is 3.94. The highest BCUT2D eigenvalue weighted by atomic mass is 16.5. The quantitative estimate of drug-likeness (QED) is 0.0495. The zero-order valence-corrected chi connectivity index (χ0v) is 34.4. The molecule has 0 rings (SSSR count). The van der Waals surface area contributed by atoms with Crippen molar-refractivity contribution >= 4 is 11.9 Å². The summed E-state index contributed by atoms with van der Waals surface area (Å²) in [6, 6.07) is 0. The van der Waals surface area contributed by atoms with Crippen LogP contribution in [0.5, 0.6) is 0 Å². The molecule has 0 aliphatic rings. The largest absolute Gasteiger partial charge is 0.466 e. The van der Waals surface area contributed by atoms with Crippen LogP contribution in [0.2, 0.25) is 0 Å². The first-order chi connectivity index (χ1) is 25.1. The molecule has 0 spiro atoms. The summed E-state index contributed by atoms with van der Waals surface area (Å²) >= 11 is 0. The van der Waals surface area contributed by atoms with Crippen molar-refractivity contribution in [3.63, 3.8) is 0 Å². The molecule has 0 bridgehead atoms. The lowest BCUT2D eigenvalue weighted by Gasteiger charge is -2.21. The second-order valence-electron chi connectivity index (χ2n) is 15.1. The maximum absolute atomic E-state index is 12.7. The van der Waals surface area contributed by atoms with Gasteiger partial charge in [0.25, 0.3) is 0 Å². The van der Waals surface area contributed by atoms with Crippen LogP contribution in [0.1, 0.15) is 220 Å². The molecule has 0 unspecified atom stereocenters. The molecule has 0 saturated carbocycles. The van der Waals surface area contributed by atoms with Crippen LogP contribution >= 0.6 is 0 Å². The SMILES string of the molecule is CCCCCCCCC(CCCCCCCC)OC(=O)CCCCCCCN(CCO)CCCCCC(=O)OCCCCOCCCCCCC. The second-order valence-corrected chi connectivity index (χ2v) is 15.1. The number of carbonyl (C=O) groups is 2. The number of ether oxygens (including phenoxy) is 3. The summed E-state index contributed by atoms with van der Waals surface area (Å²) < 4.78 is 17.1. The zero-order chi connectivity index (χ0) is 37.3. The van der Waals surface area contributed by atoms with Crippen molar-refractivity contribution in [1.82, 2.24) is 4.90 Å². The molecule has 0 aromatic carbocycles. The van der Waals surface area contributed by atoms with Gasteiger partial charge in [0.05, 0.1) is 13.2 Å². The second kappa shape index (κ2) is 41.6. The summed E-state index contributed by atoms with van der Waals surface area (Å²) in [5, 5.41) is 9.53. The van der Waals surface area contributed by atoms with Gasteiger partial charge in [0, 0.05) is 32.6 Å². The normalized spacial score (nSPS) is 11.6. The van der Waals surface area contributed by atoms with Crippen LogP contribution in [0, 0.1) is 0 Å². The Morgan fingerprint density at radius 2 is 0.882 bits per heavy atom. The molecule has 7 nitrogen and oxygen atoms in total. The van der Waals surface area contributed by atoms with E-state index in [1.807, 2.05) is 0 Å². The van der Waals surface area contributed by atoms with E-state index in [0.29, 0.717) is 26.0 Å². The summed E-state index contributed by atoms with van der Waals surface area (Å²) in [5.41, 5.74) is 0. The fourth-order valence-corrected chi connectivity index (χ4v) is 6.68. The summed E-state index contributed by atoms with van der Waals surface area (Å²) in [7, 11) is 0. The van der Waals surface area contributed by atoms with Gasteiger partial charge in [-0.3, -0.25) is 9.59 Å². The minimum Gasteiger partial charge on any atom is -0.466 e. The Morgan fingerprint density at radius 1 is 0.471 bits per heavy atom. The maximum Gasteiger partial charge on any atom is 0.306 e. The Labute approximate surface area is 317 Å². The van der Waals surface area contributed by atoms with E-state index in [9.17, 15) is 14.7 Å². The first-order valence-corrected chi connectivity index (χ1v) is 22.3. The van der Waals surface area contributed by atoms with E-state index in [4.69, 9.17) is 14.2 Å². The molecule has 0 aromatic rings. The fourth-order valence-electron chi connectivity index (χ4n) is 6.68. The minimum atomic E-state index is -0.0894. The minimum absolute atomic E-state index is 0.00327. The van der Waals surface area contributed by atoms with Crippen LogP contribution in [-0.4, -0.2) is 74.1 Å². The van der Waals surface area contributed by atoms with Crippen molar-refractivity contribution in [1.29, 1.82) is 0 Å². The van der Waals surface area contributed by atoms with E-state index in [-0.39, 0.29) is 24.6 Å². The molecule has 0 aliphatic carbocycles. The van der Waals surface area contributed by atoms with E-state index in [0.717, 1.165) is 110 Å². The smallest absolute Gasteiger partial charge is 0.306 e. The van der Waals surface area contributed by atoms with Gasteiger partial charge in [0.1, 0.15) is 6.10 Å². The third kappa shape index (κ3) is 38.4. The molecule has 0 radical (unpaired) electrons. The van der Waals surface area contributed by atoms with Crippen LogP contribution in [0.3, 0.4) is 0 Å². The molecule has 0 fully saturated rings. The predicted octanol–water partition coefficient (Wildman–Crippen LogP) is 11.9. The lowest BCUT2D eigenvalue weighted by molar-refractivity contribution is -0.150. The van der Waals surface area contributed by atoms with E-state index in [1.54, 1.807) is 0 Å². The van der Waals surface area contributed by atoms with Gasteiger partial charge >= 0.3 is 11.9 Å². The van der Waals surface area contributed by atoms with Crippen LogP contribution in [0.4, 0.5) is 0 Å². The Kier molecular flexibility index (Phi) is 40.6. The van der Waals surface area contributed by atoms with Gasteiger partial charge < -0.3 is 24.2 Å². The van der Waals surface area contributed by atoms with E-state index in [2.05, 4.69) is 25.7 Å². The number of esters is 2. The molecular weight excluding hydrogens is 638 g/mol. The third-order valence-electron chi connectivity index (χ3n) is 10.0. The van der Waals surface area contributed by atoms with Gasteiger partial charge in [0.15, 0.2) is 0 Å². The zero-order valence-electron chi connectivity index (χ0n) is 34.4. The molecular formula is C44H87NO6. The molecule has 0 saturated heterocycles. The highest BCUT2D eigenvalue weighted by Gasteiger charge is 2.14. The number of aliphatic hydroxyl groups excluding tert-OH is 1. The van der Waals surface area contributed by atoms with Gasteiger partial charge in [-0.1, -0.05) is 136 Å². The van der Waals surface area contributed by atoms with Gasteiger partial charge in [0.2, 0.25) is 0 Å². The van der Waals surface area contributed by atoms with Crippen LogP contribution in [0.15, 0.2) is 0 Å². The number of hydrogen-bond donors (Lipinski definition) is 1. The van der Waals surface area contributed by atoms with Gasteiger partial charge in [-0.15, -0.1) is 0 Å². The molecule has 0 aromatic heterocycles. The van der Waals surface area contributed by atoms with E-state index >= 15 is 0 Å². The molecule has 0 amide bonds. The fraction of sp³-hybridized carbons (Fsp3) is 0.955. The first kappa shape index (κ1) is 49.8. The topological polar surface area (TPSA) is 85.3 Å². The number of rotatable bonds is 42. The predicted molar refractivity (Wildman–Crippen MR) is 215 cm³/mol. The average Bonchev–Trinajstić information content (AvgIpc) is 3.12. The average molecular weight is 726 g/mol. The van der Waals surface area contributed by atoms with Gasteiger partial charge in [-0.25, -0.2) is 0 Å². The monoisotopic (exact) mass is 726 g/mol. The lowest BCUT2D eigenvalue weighted by Crippen LogP contribution is -2.29. The van der Waals surface area contributed by atoms with Crippen molar-refractivity contribution in [3.8, 4) is 0 Å². The number of carbonyl (C=O) groups excluding carboxylic acids is 2. The summed E-state index contributed by atoms with van der Waals surface area (Å²) in [6.07, 6.45) is 34.9. The molecule has 0 aliphatic heterocycles. The lowest BCUT2D eigenvalue weighted by atomic mass is 10.0. The number of hydrogen-bond acceptors (Lipinski definition) is 7. The molecule has 0 atom stereocenters. The Morgan fingerprint density at radius 3 is 1.43 bits per heavy atom. The van der Waals surface area contributed by atoms with Crippen molar-refractivity contribution in [2.24, 2.45) is 0 Å². The molecule has 304 valence electrons. The third-order valence-corrected chi connectivity index (χ3v) is 10.0. The molecule has 51 heavy (non-hydrogen) atoms. The molecule has 7 heteroatoms. The highest BCUT2D eigenvalue weighted by molar-refractivity contribution is 5.69. The van der Waals surface area contributed by atoms with Crippen LogP contribution in [0.25, 0.3) is 0 Å². The van der Waals surface area contributed by atoms with Crippen LogP contribution in [-0.2, 0) is 23.8 Å². The summed E-state index contributed by atoms with van der Waals surface area (Å²) in [6.45, 7) is 11.7. The van der Waals surface area contributed by atoms with Crippen molar-refractivity contribution < 1.29 is 28.9 Å². The van der Waals surface area contributed by atoms with Crippen molar-refractivity contribution in [3.05, 3.63) is 0 Å². The van der Waals surface area contributed by atoms with Gasteiger partial charge in [-0.05, 0) is 83.7 Å². The number of aliphatic hydroxyl groups is 1. The number of nitrogens with zero attached hydrogens (tertiary/aromatic N) is 1. The highest BCUT2D eigenvalue weighted by Crippen LogP contribution is 2.18. The summed E-state index contributed by atoms with van der Waals surface area (Å²) in [5.74, 6) is -0.0861. The van der Waals surface area contributed by atoms with E-state index in [1.165, 1.54) is 103 Å². The maximum atomic E-state index is 12.7. The van der Waals surface area contributed by atoms with Crippen molar-refractivity contribution in [2.45, 2.75) is 226 Å². The molecule has 0 heterocycles. The molecule has 1 N–H and O–H groups in total. The summed E-state index contributed by atoms with van der Waals surface area (Å²) in [4.78, 5) is 27.1.